The second-order valence-electron chi connectivity index (χ2n) is 7.95. The Morgan fingerprint density at radius 3 is 2.58 bits per heavy atom. The van der Waals surface area contributed by atoms with Crippen LogP contribution < -0.4 is 10.6 Å². The minimum atomic E-state index is -0.334. The number of hydrogen-bond donors (Lipinski definition) is 2. The van der Waals surface area contributed by atoms with E-state index in [9.17, 15) is 4.39 Å². The molecule has 1 aliphatic rings. The summed E-state index contributed by atoms with van der Waals surface area (Å²) in [5, 5.41) is 11.0. The molecule has 2 heterocycles. The summed E-state index contributed by atoms with van der Waals surface area (Å²) in [7, 11) is 0. The summed E-state index contributed by atoms with van der Waals surface area (Å²) >= 11 is 0. The van der Waals surface area contributed by atoms with Crippen molar-refractivity contribution in [2.75, 3.05) is 0 Å². The molecule has 0 amide bonds. The zero-order chi connectivity index (χ0) is 22.4. The van der Waals surface area contributed by atoms with Gasteiger partial charge in [0.1, 0.15) is 17.3 Å². The maximum atomic E-state index is 14.4. The van der Waals surface area contributed by atoms with Crippen molar-refractivity contribution in [2.24, 2.45) is 0 Å². The largest absolute Gasteiger partial charge is 0.381 e. The molecule has 0 spiro atoms. The Kier molecular flexibility index (Phi) is 7.50. The fraction of sp³-hybridized carbons (Fsp3) is 0.346. The molecule has 5 heteroatoms. The van der Waals surface area contributed by atoms with Gasteiger partial charge in [-0.15, -0.1) is 0 Å². The first-order valence-corrected chi connectivity index (χ1v) is 11.0. The van der Waals surface area contributed by atoms with Crippen molar-refractivity contribution in [3.63, 3.8) is 0 Å². The number of aromatic nitrogens is 1. The van der Waals surface area contributed by atoms with E-state index in [4.69, 9.17) is 4.52 Å². The molecule has 0 saturated heterocycles. The standard InChI is InChI=1S/C26H32FN3O.2H2/c1-6-10-21(11-7-2)29-18(4)24-15-14-20(16-28-24)17(3)25-19(5)31-30-26(25)22-12-8-9-13-23(22)27;;/h8-9,12-13,15-16,21,28-29H,3-4,6-7,10-11,14H2,1-2,5H3;2*1H. The number of nitrogens with zero attached hydrogens (tertiary/aromatic N) is 1. The smallest absolute Gasteiger partial charge is 0.142 e. The van der Waals surface area contributed by atoms with E-state index in [0.717, 1.165) is 53.8 Å². The number of aryl methyl sites for hydroxylation is 1. The predicted octanol–water partition coefficient (Wildman–Crippen LogP) is 7.13. The molecule has 0 unspecified atom stereocenters. The number of hydrogen-bond acceptors (Lipinski definition) is 4. The van der Waals surface area contributed by atoms with Crippen LogP contribution in [0.2, 0.25) is 0 Å². The van der Waals surface area contributed by atoms with Gasteiger partial charge in [0.2, 0.25) is 0 Å². The lowest BCUT2D eigenvalue weighted by molar-refractivity contribution is 0.399. The van der Waals surface area contributed by atoms with Crippen LogP contribution in [0.5, 0.6) is 0 Å². The van der Waals surface area contributed by atoms with Gasteiger partial charge >= 0.3 is 0 Å². The number of allylic oxidation sites excluding steroid dienone is 3. The number of nitrogens with one attached hydrogen (secondary N) is 2. The minimum absolute atomic E-state index is 0. The maximum Gasteiger partial charge on any atom is 0.142 e. The van der Waals surface area contributed by atoms with Crippen LogP contribution in [-0.4, -0.2) is 11.2 Å². The molecule has 0 atom stereocenters. The Hall–Kier alpha value is -3.08. The SMILES string of the molecule is C=C(NC(CCC)CCC)C1=CCC(C(=C)c2c(-c3ccccc3F)noc2C)=CN1.[HH].[HH]. The highest BCUT2D eigenvalue weighted by Gasteiger charge is 2.22. The fourth-order valence-corrected chi connectivity index (χ4v) is 3.95. The number of halogens is 1. The average Bonchev–Trinajstić information content (AvgIpc) is 3.15. The number of rotatable bonds is 10. The molecular weight excluding hydrogens is 389 g/mol. The van der Waals surface area contributed by atoms with Crippen molar-refractivity contribution in [3.8, 4) is 11.3 Å². The molecule has 3 rings (SSSR count). The van der Waals surface area contributed by atoms with Gasteiger partial charge in [-0.2, -0.15) is 0 Å². The first kappa shape index (κ1) is 22.6. The number of dihydropyridines is 1. The van der Waals surface area contributed by atoms with Gasteiger partial charge < -0.3 is 15.2 Å². The first-order valence-electron chi connectivity index (χ1n) is 11.0. The molecule has 2 N–H and O–H groups in total. The van der Waals surface area contributed by atoms with Crippen molar-refractivity contribution in [3.05, 3.63) is 83.8 Å². The van der Waals surface area contributed by atoms with E-state index in [1.54, 1.807) is 18.2 Å². The zero-order valence-electron chi connectivity index (χ0n) is 18.7. The molecule has 0 fully saturated rings. The molecule has 0 saturated carbocycles. The highest BCUT2D eigenvalue weighted by Crippen LogP contribution is 2.36. The van der Waals surface area contributed by atoms with Crippen molar-refractivity contribution < 1.29 is 11.8 Å². The second kappa shape index (κ2) is 10.3. The molecule has 0 bridgehead atoms. The predicted molar refractivity (Wildman–Crippen MR) is 130 cm³/mol. The van der Waals surface area contributed by atoms with Gasteiger partial charge in [-0.25, -0.2) is 4.39 Å². The van der Waals surface area contributed by atoms with Crippen LogP contribution >= 0.6 is 0 Å². The third kappa shape index (κ3) is 5.16. The molecular formula is C26H36FN3O. The van der Waals surface area contributed by atoms with Crippen LogP contribution in [0, 0.1) is 12.7 Å². The normalized spacial score (nSPS) is 13.5. The summed E-state index contributed by atoms with van der Waals surface area (Å²) < 4.78 is 19.8. The Balaban J connectivity index is 0.00000272. The third-order valence-corrected chi connectivity index (χ3v) is 5.59. The fourth-order valence-electron chi connectivity index (χ4n) is 3.95. The van der Waals surface area contributed by atoms with Crippen LogP contribution in [0.3, 0.4) is 0 Å². The van der Waals surface area contributed by atoms with Gasteiger partial charge in [-0.1, -0.05) is 63.2 Å². The van der Waals surface area contributed by atoms with Crippen molar-refractivity contribution in [2.45, 2.75) is 58.9 Å². The van der Waals surface area contributed by atoms with Gasteiger partial charge in [0.05, 0.1) is 17.0 Å². The first-order chi connectivity index (χ1) is 15.0. The summed E-state index contributed by atoms with van der Waals surface area (Å²) in [5.74, 6) is 0.283. The highest BCUT2D eigenvalue weighted by atomic mass is 19.1. The van der Waals surface area contributed by atoms with Gasteiger partial charge in [0.15, 0.2) is 0 Å². The summed E-state index contributed by atoms with van der Waals surface area (Å²) in [6.45, 7) is 14.7. The van der Waals surface area contributed by atoms with Gasteiger partial charge in [-0.3, -0.25) is 0 Å². The van der Waals surface area contributed by atoms with Gasteiger partial charge in [0, 0.05) is 20.7 Å². The monoisotopic (exact) mass is 425 g/mol. The summed E-state index contributed by atoms with van der Waals surface area (Å²) in [4.78, 5) is 0. The lowest BCUT2D eigenvalue weighted by Gasteiger charge is -2.24. The molecule has 0 radical (unpaired) electrons. The Bertz CT molecular complexity index is 1020. The minimum Gasteiger partial charge on any atom is -0.381 e. The molecule has 1 aliphatic heterocycles. The van der Waals surface area contributed by atoms with Gasteiger partial charge in [-0.05, 0) is 49.5 Å². The molecule has 4 nitrogen and oxygen atoms in total. The Labute approximate surface area is 187 Å². The van der Waals surface area contributed by atoms with Crippen LogP contribution in [0.15, 0.2) is 71.2 Å². The van der Waals surface area contributed by atoms with E-state index in [-0.39, 0.29) is 8.67 Å². The summed E-state index contributed by atoms with van der Waals surface area (Å²) in [6, 6.07) is 7.01. The lowest BCUT2D eigenvalue weighted by atomic mass is 9.92. The third-order valence-electron chi connectivity index (χ3n) is 5.59. The summed E-state index contributed by atoms with van der Waals surface area (Å²) in [6.07, 6.45) is 9.28. The van der Waals surface area contributed by atoms with Crippen LogP contribution in [0.1, 0.15) is 60.1 Å². The maximum absolute atomic E-state index is 14.4. The van der Waals surface area contributed by atoms with Crippen LogP contribution in [0.25, 0.3) is 16.8 Å². The molecule has 1 aromatic carbocycles. The topological polar surface area (TPSA) is 50.1 Å². The Morgan fingerprint density at radius 2 is 1.97 bits per heavy atom. The molecule has 0 aliphatic carbocycles. The second-order valence-corrected chi connectivity index (χ2v) is 7.95. The zero-order valence-corrected chi connectivity index (χ0v) is 18.7. The van der Waals surface area contributed by atoms with E-state index < -0.39 is 0 Å². The number of benzene rings is 1. The highest BCUT2D eigenvalue weighted by molar-refractivity contribution is 5.87. The average molecular weight is 426 g/mol. The van der Waals surface area contributed by atoms with Crippen LogP contribution in [-0.2, 0) is 0 Å². The van der Waals surface area contributed by atoms with E-state index in [1.165, 1.54) is 6.07 Å². The van der Waals surface area contributed by atoms with E-state index in [0.29, 0.717) is 29.5 Å². The Morgan fingerprint density at radius 1 is 1.26 bits per heavy atom. The lowest BCUT2D eigenvalue weighted by Crippen LogP contribution is -2.31. The van der Waals surface area contributed by atoms with Crippen molar-refractivity contribution >= 4 is 5.57 Å². The van der Waals surface area contributed by atoms with Crippen molar-refractivity contribution in [1.29, 1.82) is 0 Å². The molecule has 31 heavy (non-hydrogen) atoms. The summed E-state index contributed by atoms with van der Waals surface area (Å²) in [5.41, 5.74) is 5.27. The molecule has 1 aromatic heterocycles. The van der Waals surface area contributed by atoms with E-state index in [2.05, 4.69) is 48.9 Å². The quantitative estimate of drug-likeness (QED) is 0.425. The molecule has 2 aromatic rings. The van der Waals surface area contributed by atoms with E-state index in [1.807, 2.05) is 13.1 Å². The van der Waals surface area contributed by atoms with Gasteiger partial charge in [0.25, 0.3) is 0 Å². The van der Waals surface area contributed by atoms with Crippen LogP contribution in [0.4, 0.5) is 4.39 Å². The van der Waals surface area contributed by atoms with E-state index >= 15 is 0 Å². The van der Waals surface area contributed by atoms with Crippen molar-refractivity contribution in [1.82, 2.24) is 15.8 Å². The molecule has 168 valence electrons.